The first kappa shape index (κ1) is 11.2. The minimum absolute atomic E-state index is 0.129. The third kappa shape index (κ3) is 2.80. The average molecular weight is 212 g/mol. The average Bonchev–Trinajstić information content (AvgIpc) is 2.17. The van der Waals surface area contributed by atoms with Crippen LogP contribution in [0.3, 0.4) is 0 Å². The molecule has 0 saturated heterocycles. The molecule has 1 N–H and O–H groups in total. The van der Waals surface area contributed by atoms with Crippen molar-refractivity contribution >= 4 is 12.2 Å². The van der Waals surface area contributed by atoms with Gasteiger partial charge in [-0.25, -0.2) is 0 Å². The number of hydrogen-bond donors (Lipinski definition) is 1. The second-order valence-electron chi connectivity index (χ2n) is 3.45. The third-order valence-corrected chi connectivity index (χ3v) is 2.84. The molecule has 3 nitrogen and oxygen atoms in total. The summed E-state index contributed by atoms with van der Waals surface area (Å²) < 4.78 is 2.44. The lowest BCUT2D eigenvalue weighted by Crippen LogP contribution is -2.15. The highest BCUT2D eigenvalue weighted by molar-refractivity contribution is 7.71. The summed E-state index contributed by atoms with van der Waals surface area (Å²) in [6.45, 7) is 5.23. The van der Waals surface area contributed by atoms with Crippen molar-refractivity contribution in [1.29, 1.82) is 0 Å². The fraction of sp³-hybridized carbons (Fsp3) is 0.600. The Balaban J connectivity index is 2.86. The van der Waals surface area contributed by atoms with Crippen molar-refractivity contribution in [2.24, 2.45) is 5.92 Å². The molecule has 0 saturated carbocycles. The molecular formula is C10H16N2OS. The lowest BCUT2D eigenvalue weighted by Gasteiger charge is -2.14. The minimum Gasteiger partial charge on any atom is -0.325 e. The molecule has 14 heavy (non-hydrogen) atoms. The molecule has 1 aromatic heterocycles. The highest BCUT2D eigenvalue weighted by Gasteiger charge is 2.04. The predicted octanol–water partition coefficient (Wildman–Crippen LogP) is 2.34. The molecular weight excluding hydrogens is 196 g/mol. The first-order chi connectivity index (χ1) is 6.67. The van der Waals surface area contributed by atoms with Crippen LogP contribution in [0.4, 0.5) is 0 Å². The van der Waals surface area contributed by atoms with Crippen LogP contribution in [0.1, 0.15) is 26.7 Å². The maximum absolute atomic E-state index is 10.9. The normalized spacial score (nSPS) is 10.8. The molecule has 1 rings (SSSR count). The molecule has 0 amide bonds. The SMILES string of the molecule is CCC(CC)Cn1ccc(=O)[nH]c1=S. The Kier molecular flexibility index (Phi) is 4.07. The van der Waals surface area contributed by atoms with Crippen molar-refractivity contribution in [3.05, 3.63) is 27.4 Å². The van der Waals surface area contributed by atoms with E-state index in [0.29, 0.717) is 10.7 Å². The molecule has 0 aliphatic carbocycles. The Morgan fingerprint density at radius 3 is 2.64 bits per heavy atom. The fourth-order valence-electron chi connectivity index (χ4n) is 1.41. The number of aromatic amines is 1. The summed E-state index contributed by atoms with van der Waals surface area (Å²) in [5.74, 6) is 0.632. The maximum Gasteiger partial charge on any atom is 0.251 e. The number of hydrogen-bond acceptors (Lipinski definition) is 2. The predicted molar refractivity (Wildman–Crippen MR) is 60.0 cm³/mol. The Labute approximate surface area is 88.8 Å². The van der Waals surface area contributed by atoms with Gasteiger partial charge in [-0.15, -0.1) is 0 Å². The smallest absolute Gasteiger partial charge is 0.251 e. The van der Waals surface area contributed by atoms with Gasteiger partial charge in [0.05, 0.1) is 0 Å². The third-order valence-electron chi connectivity index (χ3n) is 2.51. The van der Waals surface area contributed by atoms with Crippen LogP contribution in [0.15, 0.2) is 17.1 Å². The zero-order chi connectivity index (χ0) is 10.6. The zero-order valence-electron chi connectivity index (χ0n) is 8.62. The van der Waals surface area contributed by atoms with E-state index in [9.17, 15) is 4.79 Å². The first-order valence-corrected chi connectivity index (χ1v) is 5.38. The van der Waals surface area contributed by atoms with Gasteiger partial charge in [0.15, 0.2) is 4.77 Å². The molecule has 1 heterocycles. The molecule has 1 aromatic rings. The van der Waals surface area contributed by atoms with Gasteiger partial charge in [-0.1, -0.05) is 26.7 Å². The standard InChI is InChI=1S/C10H16N2OS/c1-3-8(4-2)7-12-6-5-9(13)11-10(12)14/h5-6,8H,3-4,7H2,1-2H3,(H,11,13,14). The molecule has 0 radical (unpaired) electrons. The van der Waals surface area contributed by atoms with Crippen LogP contribution in [-0.4, -0.2) is 9.55 Å². The van der Waals surface area contributed by atoms with E-state index in [1.54, 1.807) is 6.20 Å². The molecule has 0 aromatic carbocycles. The van der Waals surface area contributed by atoms with E-state index >= 15 is 0 Å². The van der Waals surface area contributed by atoms with Crippen molar-refractivity contribution in [1.82, 2.24) is 9.55 Å². The summed E-state index contributed by atoms with van der Waals surface area (Å²) in [7, 11) is 0. The van der Waals surface area contributed by atoms with Crippen LogP contribution in [0.5, 0.6) is 0 Å². The molecule has 0 bridgehead atoms. The Bertz CT molecular complexity index is 390. The highest BCUT2D eigenvalue weighted by Crippen LogP contribution is 2.09. The zero-order valence-corrected chi connectivity index (χ0v) is 9.43. The van der Waals surface area contributed by atoms with Crippen molar-refractivity contribution in [2.45, 2.75) is 33.2 Å². The highest BCUT2D eigenvalue weighted by atomic mass is 32.1. The number of H-pyrrole nitrogens is 1. The fourth-order valence-corrected chi connectivity index (χ4v) is 1.65. The van der Waals surface area contributed by atoms with Crippen LogP contribution in [0.25, 0.3) is 0 Å². The van der Waals surface area contributed by atoms with Crippen LogP contribution in [-0.2, 0) is 6.54 Å². The van der Waals surface area contributed by atoms with Crippen molar-refractivity contribution < 1.29 is 0 Å². The topological polar surface area (TPSA) is 37.8 Å². The van der Waals surface area contributed by atoms with Gasteiger partial charge in [-0.05, 0) is 18.1 Å². The number of aromatic nitrogens is 2. The Morgan fingerprint density at radius 2 is 2.14 bits per heavy atom. The summed E-state index contributed by atoms with van der Waals surface area (Å²) in [5, 5.41) is 0. The lowest BCUT2D eigenvalue weighted by molar-refractivity contribution is 0.411. The lowest BCUT2D eigenvalue weighted by atomic mass is 10.0. The molecule has 0 aliphatic heterocycles. The van der Waals surface area contributed by atoms with E-state index in [-0.39, 0.29) is 5.56 Å². The molecule has 78 valence electrons. The summed E-state index contributed by atoms with van der Waals surface area (Å²) >= 11 is 5.06. The maximum atomic E-state index is 10.9. The number of nitrogens with zero attached hydrogens (tertiary/aromatic N) is 1. The van der Waals surface area contributed by atoms with Gasteiger partial charge in [0.1, 0.15) is 0 Å². The minimum atomic E-state index is -0.129. The van der Waals surface area contributed by atoms with E-state index in [0.717, 1.165) is 19.4 Å². The van der Waals surface area contributed by atoms with Crippen LogP contribution in [0.2, 0.25) is 0 Å². The first-order valence-electron chi connectivity index (χ1n) is 4.97. The van der Waals surface area contributed by atoms with Gasteiger partial charge in [0.25, 0.3) is 5.56 Å². The van der Waals surface area contributed by atoms with E-state index in [2.05, 4.69) is 18.8 Å². The van der Waals surface area contributed by atoms with Crippen molar-refractivity contribution in [3.8, 4) is 0 Å². The van der Waals surface area contributed by atoms with E-state index in [1.165, 1.54) is 6.07 Å². The van der Waals surface area contributed by atoms with Gasteiger partial charge in [-0.2, -0.15) is 0 Å². The van der Waals surface area contributed by atoms with Gasteiger partial charge >= 0.3 is 0 Å². The molecule has 0 spiro atoms. The van der Waals surface area contributed by atoms with Gasteiger partial charge < -0.3 is 4.57 Å². The van der Waals surface area contributed by atoms with Crippen molar-refractivity contribution in [3.63, 3.8) is 0 Å². The Morgan fingerprint density at radius 1 is 1.50 bits per heavy atom. The summed E-state index contributed by atoms with van der Waals surface area (Å²) in [4.78, 5) is 13.5. The van der Waals surface area contributed by atoms with Gasteiger partial charge in [-0.3, -0.25) is 9.78 Å². The second-order valence-corrected chi connectivity index (χ2v) is 3.83. The molecule has 0 fully saturated rings. The number of nitrogens with one attached hydrogen (secondary N) is 1. The molecule has 0 atom stereocenters. The number of rotatable bonds is 4. The van der Waals surface area contributed by atoms with Crippen molar-refractivity contribution in [2.75, 3.05) is 0 Å². The Hall–Kier alpha value is -0.900. The van der Waals surface area contributed by atoms with Crippen LogP contribution >= 0.6 is 12.2 Å². The quantitative estimate of drug-likeness (QED) is 0.778. The van der Waals surface area contributed by atoms with Crippen LogP contribution < -0.4 is 5.56 Å². The molecule has 4 heteroatoms. The monoisotopic (exact) mass is 212 g/mol. The van der Waals surface area contributed by atoms with Gasteiger partial charge in [0.2, 0.25) is 0 Å². The summed E-state index contributed by atoms with van der Waals surface area (Å²) in [6.07, 6.45) is 4.04. The van der Waals surface area contributed by atoms with Gasteiger partial charge in [0, 0.05) is 18.8 Å². The van der Waals surface area contributed by atoms with E-state index in [1.807, 2.05) is 4.57 Å². The molecule has 0 aliphatic rings. The second kappa shape index (κ2) is 5.10. The van der Waals surface area contributed by atoms with Crippen LogP contribution in [0, 0.1) is 10.7 Å². The summed E-state index contributed by atoms with van der Waals surface area (Å²) in [6, 6.07) is 1.51. The largest absolute Gasteiger partial charge is 0.325 e. The summed E-state index contributed by atoms with van der Waals surface area (Å²) in [5.41, 5.74) is -0.129. The van der Waals surface area contributed by atoms with E-state index in [4.69, 9.17) is 12.2 Å². The van der Waals surface area contributed by atoms with E-state index < -0.39 is 0 Å². The molecule has 0 unspecified atom stereocenters.